The third-order valence-electron chi connectivity index (χ3n) is 5.78. The van der Waals surface area contributed by atoms with Gasteiger partial charge in [-0.3, -0.25) is 9.69 Å². The number of carbonyl (C=O) groups excluding carboxylic acids is 1. The van der Waals surface area contributed by atoms with Crippen LogP contribution in [0, 0.1) is 11.7 Å². The first-order valence-corrected chi connectivity index (χ1v) is 11.9. The van der Waals surface area contributed by atoms with Crippen LogP contribution >= 0.6 is 11.3 Å². The Morgan fingerprint density at radius 2 is 2.03 bits per heavy atom. The van der Waals surface area contributed by atoms with Gasteiger partial charge < -0.3 is 14.7 Å². The number of hydrogen-bond acceptors (Lipinski definition) is 5. The molecule has 31 heavy (non-hydrogen) atoms. The molecule has 0 fully saturated rings. The van der Waals surface area contributed by atoms with Crippen molar-refractivity contribution < 1.29 is 19.0 Å². The van der Waals surface area contributed by atoms with Gasteiger partial charge in [-0.25, -0.2) is 4.39 Å². The largest absolute Gasteiger partial charge is 0.491 e. The van der Waals surface area contributed by atoms with Crippen molar-refractivity contribution in [2.45, 2.75) is 45.8 Å². The SMILES string of the molecule is CC[C@H](C)CN(CC(=O)N1CCc2sccc2[C@H]1COc1ccc(F)cc1)C[C@H](C)O. The van der Waals surface area contributed by atoms with Gasteiger partial charge in [-0.2, -0.15) is 0 Å². The van der Waals surface area contributed by atoms with Crippen LogP contribution in [0.25, 0.3) is 0 Å². The monoisotopic (exact) mass is 448 g/mol. The number of fused-ring (bicyclic) bond motifs is 1. The second-order valence-corrected chi connectivity index (χ2v) is 9.47. The van der Waals surface area contributed by atoms with E-state index in [1.165, 1.54) is 17.0 Å². The Kier molecular flexibility index (Phi) is 8.46. The molecule has 7 heteroatoms. The highest BCUT2D eigenvalue weighted by atomic mass is 32.1. The van der Waals surface area contributed by atoms with Crippen LogP contribution in [0.15, 0.2) is 35.7 Å². The molecule has 1 aromatic heterocycles. The molecule has 2 aromatic rings. The van der Waals surface area contributed by atoms with Crippen molar-refractivity contribution in [3.8, 4) is 5.75 Å². The summed E-state index contributed by atoms with van der Waals surface area (Å²) in [6, 6.07) is 7.86. The van der Waals surface area contributed by atoms with Gasteiger partial charge in [0, 0.05) is 24.5 Å². The highest BCUT2D eigenvalue weighted by Crippen LogP contribution is 2.34. The van der Waals surface area contributed by atoms with Gasteiger partial charge in [0.15, 0.2) is 0 Å². The molecular formula is C24H33FN2O3S. The zero-order valence-electron chi connectivity index (χ0n) is 18.6. The van der Waals surface area contributed by atoms with Crippen LogP contribution in [-0.2, 0) is 11.2 Å². The maximum Gasteiger partial charge on any atom is 0.237 e. The fourth-order valence-corrected chi connectivity index (χ4v) is 4.94. The van der Waals surface area contributed by atoms with E-state index in [0.29, 0.717) is 31.4 Å². The molecule has 2 heterocycles. The summed E-state index contributed by atoms with van der Waals surface area (Å²) in [7, 11) is 0. The second-order valence-electron chi connectivity index (χ2n) is 8.47. The van der Waals surface area contributed by atoms with Crippen LogP contribution < -0.4 is 4.74 Å². The third kappa shape index (κ3) is 6.51. The molecule has 3 atom stereocenters. The molecule has 1 aliphatic rings. The lowest BCUT2D eigenvalue weighted by Crippen LogP contribution is -2.48. The number of nitrogens with zero attached hydrogens (tertiary/aromatic N) is 2. The predicted octanol–water partition coefficient (Wildman–Crippen LogP) is 4.12. The third-order valence-corrected chi connectivity index (χ3v) is 6.78. The van der Waals surface area contributed by atoms with Crippen molar-refractivity contribution >= 4 is 17.2 Å². The molecular weight excluding hydrogens is 415 g/mol. The van der Waals surface area contributed by atoms with Gasteiger partial charge in [-0.15, -0.1) is 11.3 Å². The molecule has 1 amide bonds. The number of ether oxygens (including phenoxy) is 1. The van der Waals surface area contributed by atoms with Gasteiger partial charge >= 0.3 is 0 Å². The maximum absolute atomic E-state index is 13.4. The number of halogens is 1. The fraction of sp³-hybridized carbons (Fsp3) is 0.542. The average Bonchev–Trinajstić information content (AvgIpc) is 3.21. The number of carbonyl (C=O) groups is 1. The fourth-order valence-electron chi connectivity index (χ4n) is 4.01. The number of aliphatic hydroxyl groups excluding tert-OH is 1. The Labute approximate surface area is 188 Å². The van der Waals surface area contributed by atoms with Crippen LogP contribution in [0.3, 0.4) is 0 Å². The lowest BCUT2D eigenvalue weighted by molar-refractivity contribution is -0.136. The van der Waals surface area contributed by atoms with Crippen LogP contribution in [0.4, 0.5) is 4.39 Å². The van der Waals surface area contributed by atoms with Crippen LogP contribution in [0.5, 0.6) is 5.75 Å². The predicted molar refractivity (Wildman–Crippen MR) is 122 cm³/mol. The van der Waals surface area contributed by atoms with E-state index in [9.17, 15) is 14.3 Å². The van der Waals surface area contributed by atoms with E-state index < -0.39 is 6.10 Å². The Balaban J connectivity index is 1.73. The van der Waals surface area contributed by atoms with E-state index >= 15 is 0 Å². The van der Waals surface area contributed by atoms with E-state index in [1.807, 2.05) is 4.90 Å². The molecule has 0 bridgehead atoms. The molecule has 0 unspecified atom stereocenters. The quantitative estimate of drug-likeness (QED) is 0.594. The first kappa shape index (κ1) is 23.7. The van der Waals surface area contributed by atoms with Crippen LogP contribution in [0.1, 0.15) is 43.7 Å². The topological polar surface area (TPSA) is 53.0 Å². The first-order valence-electron chi connectivity index (χ1n) is 11.0. The van der Waals surface area contributed by atoms with Gasteiger partial charge in [0.1, 0.15) is 18.2 Å². The van der Waals surface area contributed by atoms with E-state index in [1.54, 1.807) is 30.4 Å². The number of aliphatic hydroxyl groups is 1. The summed E-state index contributed by atoms with van der Waals surface area (Å²) in [6.45, 7) is 8.56. The summed E-state index contributed by atoms with van der Waals surface area (Å²) in [5.74, 6) is 0.785. The Morgan fingerprint density at radius 1 is 1.29 bits per heavy atom. The van der Waals surface area contributed by atoms with Crippen molar-refractivity contribution in [1.82, 2.24) is 9.80 Å². The second kappa shape index (κ2) is 11.1. The molecule has 170 valence electrons. The van der Waals surface area contributed by atoms with Crippen molar-refractivity contribution in [1.29, 1.82) is 0 Å². The maximum atomic E-state index is 13.4. The number of rotatable bonds is 10. The molecule has 0 saturated heterocycles. The van der Waals surface area contributed by atoms with Gasteiger partial charge in [-0.1, -0.05) is 20.3 Å². The lowest BCUT2D eigenvalue weighted by Gasteiger charge is -2.37. The van der Waals surface area contributed by atoms with Crippen LogP contribution in [0.2, 0.25) is 0 Å². The van der Waals surface area contributed by atoms with E-state index in [-0.39, 0.29) is 24.3 Å². The minimum atomic E-state index is -0.487. The number of hydrogen-bond donors (Lipinski definition) is 1. The van der Waals surface area contributed by atoms with Gasteiger partial charge in [0.25, 0.3) is 0 Å². The molecule has 3 rings (SSSR count). The number of amides is 1. The van der Waals surface area contributed by atoms with Crippen molar-refractivity contribution in [2.75, 3.05) is 32.8 Å². The van der Waals surface area contributed by atoms with E-state index in [0.717, 1.165) is 24.9 Å². The molecule has 1 aliphatic heterocycles. The summed E-state index contributed by atoms with van der Waals surface area (Å²) >= 11 is 1.71. The van der Waals surface area contributed by atoms with Gasteiger partial charge in [0.05, 0.1) is 18.7 Å². The summed E-state index contributed by atoms with van der Waals surface area (Å²) in [4.78, 5) is 18.6. The molecule has 0 radical (unpaired) electrons. The number of thiophene rings is 1. The van der Waals surface area contributed by atoms with Crippen molar-refractivity contribution in [2.24, 2.45) is 5.92 Å². The molecule has 1 N–H and O–H groups in total. The summed E-state index contributed by atoms with van der Waals surface area (Å²) in [5, 5.41) is 12.0. The molecule has 0 saturated carbocycles. The highest BCUT2D eigenvalue weighted by Gasteiger charge is 2.33. The molecule has 0 aliphatic carbocycles. The zero-order chi connectivity index (χ0) is 22.4. The van der Waals surface area contributed by atoms with Gasteiger partial charge in [0.2, 0.25) is 5.91 Å². The first-order chi connectivity index (χ1) is 14.9. The van der Waals surface area contributed by atoms with Crippen molar-refractivity contribution in [3.63, 3.8) is 0 Å². The minimum absolute atomic E-state index is 0.0495. The van der Waals surface area contributed by atoms with Crippen molar-refractivity contribution in [3.05, 3.63) is 52.0 Å². The smallest absolute Gasteiger partial charge is 0.237 e. The Morgan fingerprint density at radius 3 is 2.71 bits per heavy atom. The lowest BCUT2D eigenvalue weighted by atomic mass is 10.00. The molecule has 5 nitrogen and oxygen atoms in total. The molecule has 1 aromatic carbocycles. The summed E-state index contributed by atoms with van der Waals surface area (Å²) < 4.78 is 19.2. The van der Waals surface area contributed by atoms with E-state index in [4.69, 9.17) is 4.74 Å². The molecule has 0 spiro atoms. The standard InChI is InChI=1S/C24H33FN2O3S/c1-4-17(2)13-26(14-18(3)28)15-24(29)27-11-9-23-21(10-12-31-23)22(27)16-30-20-7-5-19(25)6-8-20/h5-8,10,12,17-18,22,28H,4,9,11,13-16H2,1-3H3/t17-,18-,22+/m0/s1. The Hall–Kier alpha value is -1.96. The van der Waals surface area contributed by atoms with Gasteiger partial charge in [-0.05, 0) is 60.5 Å². The Bertz CT molecular complexity index is 840. The number of benzene rings is 1. The zero-order valence-corrected chi connectivity index (χ0v) is 19.4. The van der Waals surface area contributed by atoms with Crippen LogP contribution in [-0.4, -0.2) is 59.7 Å². The summed E-state index contributed by atoms with van der Waals surface area (Å²) in [5.41, 5.74) is 1.13. The minimum Gasteiger partial charge on any atom is -0.491 e. The highest BCUT2D eigenvalue weighted by molar-refractivity contribution is 7.10. The summed E-state index contributed by atoms with van der Waals surface area (Å²) in [6.07, 6.45) is 1.38. The normalized spacial score (nSPS) is 18.0. The van der Waals surface area contributed by atoms with E-state index in [2.05, 4.69) is 30.2 Å². The average molecular weight is 449 g/mol.